The number of fused-ring (bicyclic) bond motifs is 1. The number of likely N-dealkylation sites (tertiary alicyclic amines) is 1. The molecule has 1 aromatic heterocycles. The third-order valence-corrected chi connectivity index (χ3v) is 8.89. The van der Waals surface area contributed by atoms with Gasteiger partial charge in [0.1, 0.15) is 5.82 Å². The number of aromatic amines is 1. The van der Waals surface area contributed by atoms with Gasteiger partial charge >= 0.3 is 0 Å². The molecule has 3 aliphatic rings. The first kappa shape index (κ1) is 32.7. The second-order valence-corrected chi connectivity index (χ2v) is 11.8. The van der Waals surface area contributed by atoms with Crippen LogP contribution in [0.4, 0.5) is 4.39 Å². The van der Waals surface area contributed by atoms with E-state index < -0.39 is 5.82 Å². The van der Waals surface area contributed by atoms with E-state index >= 15 is 0 Å². The predicted molar refractivity (Wildman–Crippen MR) is 172 cm³/mol. The minimum absolute atomic E-state index is 0.000543. The number of piperidine rings is 2. The van der Waals surface area contributed by atoms with E-state index in [4.69, 9.17) is 4.74 Å². The molecular formula is C34H45FN6O4. The van der Waals surface area contributed by atoms with Crippen molar-refractivity contribution in [3.63, 3.8) is 0 Å². The van der Waals surface area contributed by atoms with Crippen LogP contribution in [0.2, 0.25) is 0 Å². The summed E-state index contributed by atoms with van der Waals surface area (Å²) in [7, 11) is 0. The van der Waals surface area contributed by atoms with E-state index in [0.29, 0.717) is 61.9 Å². The van der Waals surface area contributed by atoms with E-state index in [2.05, 4.69) is 20.4 Å². The summed E-state index contributed by atoms with van der Waals surface area (Å²) in [5.41, 5.74) is 1.09. The van der Waals surface area contributed by atoms with Crippen molar-refractivity contribution >= 4 is 22.6 Å². The van der Waals surface area contributed by atoms with Crippen LogP contribution in [0.5, 0.6) is 0 Å². The van der Waals surface area contributed by atoms with Gasteiger partial charge in [-0.3, -0.25) is 19.3 Å². The number of carbonyl (C=O) groups is 2. The highest BCUT2D eigenvalue weighted by Gasteiger charge is 2.29. The van der Waals surface area contributed by atoms with E-state index in [0.717, 1.165) is 57.2 Å². The molecule has 0 spiro atoms. The van der Waals surface area contributed by atoms with Crippen LogP contribution in [-0.2, 0) is 16.0 Å². The molecule has 11 heteroatoms. The summed E-state index contributed by atoms with van der Waals surface area (Å²) < 4.78 is 21.1. The average molecular weight is 621 g/mol. The molecule has 3 aliphatic heterocycles. The fraction of sp³-hybridized carbons (Fsp3) is 0.529. The van der Waals surface area contributed by atoms with E-state index in [9.17, 15) is 18.8 Å². The summed E-state index contributed by atoms with van der Waals surface area (Å²) in [4.78, 5) is 44.2. The number of nitrogens with zero attached hydrogens (tertiary/aromatic N) is 4. The zero-order valence-electron chi connectivity index (χ0n) is 26.4. The second-order valence-electron chi connectivity index (χ2n) is 11.8. The number of piperazine rings is 1. The smallest absolute Gasteiger partial charge is 0.272 e. The molecule has 242 valence electrons. The molecule has 0 bridgehead atoms. The number of aromatic nitrogens is 2. The number of hydrogen-bond donors (Lipinski definition) is 2. The molecule has 3 fully saturated rings. The van der Waals surface area contributed by atoms with Crippen molar-refractivity contribution in [1.82, 2.24) is 30.2 Å². The Balaban J connectivity index is 0.00000196. The number of rotatable bonds is 7. The fourth-order valence-electron chi connectivity index (χ4n) is 6.37. The molecule has 0 radical (unpaired) electrons. The zero-order chi connectivity index (χ0) is 31.8. The second kappa shape index (κ2) is 15.6. The first-order chi connectivity index (χ1) is 21.9. The highest BCUT2D eigenvalue weighted by atomic mass is 19.1. The van der Waals surface area contributed by atoms with Crippen molar-refractivity contribution in [2.24, 2.45) is 0 Å². The summed E-state index contributed by atoms with van der Waals surface area (Å²) in [6.07, 6.45) is 4.98. The Hall–Kier alpha value is -3.67. The summed E-state index contributed by atoms with van der Waals surface area (Å²) in [5, 5.41) is 11.3. The van der Waals surface area contributed by atoms with Crippen LogP contribution in [0.3, 0.4) is 0 Å². The topological polar surface area (TPSA) is 111 Å². The maximum atomic E-state index is 14.9. The van der Waals surface area contributed by atoms with E-state index in [-0.39, 0.29) is 29.0 Å². The van der Waals surface area contributed by atoms with Gasteiger partial charge in [0.15, 0.2) is 0 Å². The number of hydrogen-bond acceptors (Lipinski definition) is 7. The maximum Gasteiger partial charge on any atom is 0.272 e. The summed E-state index contributed by atoms with van der Waals surface area (Å²) >= 11 is 0. The summed E-state index contributed by atoms with van der Waals surface area (Å²) in [6.45, 7) is 9.66. The van der Waals surface area contributed by atoms with Crippen molar-refractivity contribution in [1.29, 1.82) is 0 Å². The van der Waals surface area contributed by atoms with E-state index in [1.165, 1.54) is 6.07 Å². The largest absolute Gasteiger partial charge is 0.375 e. The monoisotopic (exact) mass is 620 g/mol. The minimum Gasteiger partial charge on any atom is -0.375 e. The Labute approximate surface area is 263 Å². The molecule has 6 rings (SSSR count). The molecule has 0 atom stereocenters. The fourth-order valence-corrected chi connectivity index (χ4v) is 6.37. The van der Waals surface area contributed by atoms with Gasteiger partial charge in [0.2, 0.25) is 5.91 Å². The van der Waals surface area contributed by atoms with Gasteiger partial charge in [0.05, 0.1) is 35.4 Å². The molecule has 2 N–H and O–H groups in total. The molecule has 3 aromatic rings. The molecule has 0 unspecified atom stereocenters. The van der Waals surface area contributed by atoms with Gasteiger partial charge < -0.3 is 19.9 Å². The van der Waals surface area contributed by atoms with Crippen LogP contribution in [0.25, 0.3) is 10.8 Å². The van der Waals surface area contributed by atoms with Gasteiger partial charge in [-0.05, 0) is 62.5 Å². The average Bonchev–Trinajstić information content (AvgIpc) is 3.09. The highest BCUT2D eigenvalue weighted by Crippen LogP contribution is 2.21. The molecule has 0 saturated carbocycles. The quantitative estimate of drug-likeness (QED) is 0.418. The summed E-state index contributed by atoms with van der Waals surface area (Å²) in [6, 6.07) is 11.7. The zero-order valence-corrected chi connectivity index (χ0v) is 26.4. The van der Waals surface area contributed by atoms with Crippen LogP contribution in [0, 0.1) is 5.82 Å². The number of halogens is 1. The lowest BCUT2D eigenvalue weighted by molar-refractivity contribution is -0.135. The number of benzene rings is 2. The Morgan fingerprint density at radius 3 is 2.24 bits per heavy atom. The highest BCUT2D eigenvalue weighted by molar-refractivity contribution is 5.95. The van der Waals surface area contributed by atoms with Crippen molar-refractivity contribution < 1.29 is 18.7 Å². The molecule has 2 amide bonds. The third kappa shape index (κ3) is 8.14. The Morgan fingerprint density at radius 1 is 0.889 bits per heavy atom. The van der Waals surface area contributed by atoms with Crippen molar-refractivity contribution in [2.75, 3.05) is 58.9 Å². The first-order valence-electron chi connectivity index (χ1n) is 16.3. The molecular weight excluding hydrogens is 575 g/mol. The normalized spacial score (nSPS) is 18.5. The number of ether oxygens (including phenoxy) is 1. The number of H-pyrrole nitrogens is 1. The van der Waals surface area contributed by atoms with Crippen LogP contribution >= 0.6 is 0 Å². The number of nitrogens with one attached hydrogen (secondary N) is 2. The van der Waals surface area contributed by atoms with Gasteiger partial charge in [-0.15, -0.1) is 0 Å². The lowest BCUT2D eigenvalue weighted by Gasteiger charge is -2.38. The van der Waals surface area contributed by atoms with Crippen LogP contribution in [0.15, 0.2) is 47.3 Å². The van der Waals surface area contributed by atoms with Crippen LogP contribution in [-0.4, -0.2) is 108 Å². The van der Waals surface area contributed by atoms with Crippen molar-refractivity contribution in [3.8, 4) is 0 Å². The van der Waals surface area contributed by atoms with Gasteiger partial charge in [-0.2, -0.15) is 5.10 Å². The molecule has 4 heterocycles. The Kier molecular flexibility index (Phi) is 11.3. The first-order valence-corrected chi connectivity index (χ1v) is 16.3. The van der Waals surface area contributed by atoms with Crippen molar-refractivity contribution in [2.45, 2.75) is 58.2 Å². The Bertz CT molecular complexity index is 1510. The van der Waals surface area contributed by atoms with Gasteiger partial charge in [0, 0.05) is 51.1 Å². The molecule has 0 aliphatic carbocycles. The number of carbonyl (C=O) groups excluding carboxylic acids is 2. The lowest BCUT2D eigenvalue weighted by Crippen LogP contribution is -2.53. The van der Waals surface area contributed by atoms with Gasteiger partial charge in [-0.25, -0.2) is 9.49 Å². The van der Waals surface area contributed by atoms with Crippen LogP contribution in [0.1, 0.15) is 61.1 Å². The molecule has 45 heavy (non-hydrogen) atoms. The number of amides is 2. The predicted octanol–water partition coefficient (Wildman–Crippen LogP) is 3.20. The lowest BCUT2D eigenvalue weighted by atomic mass is 10.0. The Morgan fingerprint density at radius 2 is 1.53 bits per heavy atom. The van der Waals surface area contributed by atoms with E-state index in [1.54, 1.807) is 34.1 Å². The standard InChI is InChI=1S/C32H39FN6O4.C2H6/c33-28-6-5-22(20-29-25-3-1-2-4-26(25)31(41)36-35-29)19-27(28)32(42)39-17-15-38(16-18-39)30(40)21-37-13-9-24(10-14-37)43-23-7-11-34-12-8-23;1-2/h1-6,19,23-24,34H,7-18,20-21H2,(H,36,41);1-2H3. The van der Waals surface area contributed by atoms with Gasteiger partial charge in [-0.1, -0.05) is 38.1 Å². The molecule has 3 saturated heterocycles. The van der Waals surface area contributed by atoms with Crippen molar-refractivity contribution in [3.05, 3.63) is 75.5 Å². The SMILES string of the molecule is CC.O=C(CN1CCC(OC2CCNCC2)CC1)N1CCN(C(=O)c2cc(Cc3n[nH]c(=O)c4ccccc34)ccc2F)CC1. The molecule has 10 nitrogen and oxygen atoms in total. The molecule has 2 aromatic carbocycles. The van der Waals surface area contributed by atoms with Crippen LogP contribution < -0.4 is 10.9 Å². The van der Waals surface area contributed by atoms with E-state index in [1.807, 2.05) is 26.0 Å². The van der Waals surface area contributed by atoms with Gasteiger partial charge in [0.25, 0.3) is 11.5 Å². The summed E-state index contributed by atoms with van der Waals surface area (Å²) in [5.74, 6) is -0.903. The third-order valence-electron chi connectivity index (χ3n) is 8.89. The maximum absolute atomic E-state index is 14.9. The minimum atomic E-state index is -0.584.